The van der Waals surface area contributed by atoms with Crippen molar-refractivity contribution in [2.75, 3.05) is 0 Å². The number of aromatic hydroxyl groups is 1. The van der Waals surface area contributed by atoms with E-state index in [-0.39, 0.29) is 11.4 Å². The SMILES string of the molecule is [O-][N+](=Cc1ccccc1)c1ccccc1O. The third kappa shape index (κ3) is 2.20. The number of hydrogen-bond donors (Lipinski definition) is 1. The Morgan fingerprint density at radius 1 is 0.938 bits per heavy atom. The van der Waals surface area contributed by atoms with Crippen molar-refractivity contribution in [3.05, 3.63) is 65.4 Å². The molecular weight excluding hydrogens is 202 g/mol. The third-order valence-electron chi connectivity index (χ3n) is 2.19. The first-order valence-corrected chi connectivity index (χ1v) is 4.91. The van der Waals surface area contributed by atoms with Crippen molar-refractivity contribution in [3.63, 3.8) is 0 Å². The molecule has 2 aromatic rings. The second-order valence-electron chi connectivity index (χ2n) is 3.35. The highest BCUT2D eigenvalue weighted by Crippen LogP contribution is 2.23. The molecule has 0 bridgehead atoms. The smallest absolute Gasteiger partial charge is 0.258 e. The minimum atomic E-state index is -0.0234. The third-order valence-corrected chi connectivity index (χ3v) is 2.19. The average molecular weight is 213 g/mol. The maximum Gasteiger partial charge on any atom is 0.258 e. The van der Waals surface area contributed by atoms with Crippen LogP contribution in [0.2, 0.25) is 0 Å². The molecule has 0 radical (unpaired) electrons. The molecule has 0 fully saturated rings. The molecule has 0 aromatic heterocycles. The average Bonchev–Trinajstić information content (AvgIpc) is 2.31. The Bertz CT molecular complexity index is 506. The van der Waals surface area contributed by atoms with Gasteiger partial charge < -0.3 is 10.3 Å². The van der Waals surface area contributed by atoms with Crippen LogP contribution in [0.25, 0.3) is 0 Å². The van der Waals surface area contributed by atoms with E-state index in [0.717, 1.165) is 5.56 Å². The fourth-order valence-electron chi connectivity index (χ4n) is 1.39. The molecule has 16 heavy (non-hydrogen) atoms. The van der Waals surface area contributed by atoms with Crippen LogP contribution in [-0.4, -0.2) is 16.1 Å². The number of phenols is 1. The minimum Gasteiger partial charge on any atom is -0.618 e. The maximum absolute atomic E-state index is 11.7. The molecule has 0 aliphatic carbocycles. The van der Waals surface area contributed by atoms with Gasteiger partial charge in [0.15, 0.2) is 12.0 Å². The second kappa shape index (κ2) is 4.49. The van der Waals surface area contributed by atoms with E-state index in [4.69, 9.17) is 0 Å². The van der Waals surface area contributed by atoms with Crippen LogP contribution in [0, 0.1) is 5.21 Å². The Morgan fingerprint density at radius 3 is 2.25 bits per heavy atom. The van der Waals surface area contributed by atoms with Crippen molar-refractivity contribution in [3.8, 4) is 5.75 Å². The molecule has 80 valence electrons. The lowest BCUT2D eigenvalue weighted by Gasteiger charge is -2.04. The van der Waals surface area contributed by atoms with Crippen molar-refractivity contribution < 1.29 is 9.85 Å². The van der Waals surface area contributed by atoms with E-state index in [1.54, 1.807) is 18.2 Å². The highest BCUT2D eigenvalue weighted by Gasteiger charge is 2.06. The van der Waals surface area contributed by atoms with Crippen LogP contribution in [0.1, 0.15) is 5.56 Å². The first kappa shape index (κ1) is 10.2. The van der Waals surface area contributed by atoms with Crippen molar-refractivity contribution >= 4 is 11.9 Å². The predicted molar refractivity (Wildman–Crippen MR) is 63.0 cm³/mol. The summed E-state index contributed by atoms with van der Waals surface area (Å²) in [5.41, 5.74) is 1.03. The molecule has 2 aromatic carbocycles. The Balaban J connectivity index is 2.36. The molecule has 0 saturated carbocycles. The highest BCUT2D eigenvalue weighted by molar-refractivity contribution is 5.76. The molecule has 0 atom stereocenters. The van der Waals surface area contributed by atoms with Gasteiger partial charge in [-0.2, -0.15) is 4.74 Å². The first-order chi connectivity index (χ1) is 7.77. The van der Waals surface area contributed by atoms with Crippen molar-refractivity contribution in [2.24, 2.45) is 0 Å². The van der Waals surface area contributed by atoms with Gasteiger partial charge in [0.05, 0.1) is 0 Å². The molecule has 0 heterocycles. The van der Waals surface area contributed by atoms with E-state index in [1.165, 1.54) is 12.3 Å². The van der Waals surface area contributed by atoms with Gasteiger partial charge in [0.25, 0.3) is 5.69 Å². The Kier molecular flexibility index (Phi) is 2.87. The Labute approximate surface area is 93.5 Å². The van der Waals surface area contributed by atoms with Crippen LogP contribution in [0.15, 0.2) is 54.6 Å². The first-order valence-electron chi connectivity index (χ1n) is 4.91. The van der Waals surface area contributed by atoms with Gasteiger partial charge in [-0.05, 0) is 18.2 Å². The van der Waals surface area contributed by atoms with Crippen LogP contribution in [0.5, 0.6) is 5.75 Å². The summed E-state index contributed by atoms with van der Waals surface area (Å²) in [5, 5.41) is 21.2. The number of benzene rings is 2. The topological polar surface area (TPSA) is 46.3 Å². The number of nitrogens with zero attached hydrogens (tertiary/aromatic N) is 1. The number of phenolic OH excluding ortho intramolecular Hbond substituents is 1. The maximum atomic E-state index is 11.7. The van der Waals surface area contributed by atoms with Gasteiger partial charge in [-0.1, -0.05) is 30.3 Å². The van der Waals surface area contributed by atoms with Gasteiger partial charge in [0.1, 0.15) is 0 Å². The Morgan fingerprint density at radius 2 is 1.56 bits per heavy atom. The zero-order chi connectivity index (χ0) is 11.4. The van der Waals surface area contributed by atoms with Crippen molar-refractivity contribution in [2.45, 2.75) is 0 Å². The molecule has 0 spiro atoms. The summed E-state index contributed by atoms with van der Waals surface area (Å²) in [6.07, 6.45) is 1.43. The summed E-state index contributed by atoms with van der Waals surface area (Å²) in [4.78, 5) is 0. The van der Waals surface area contributed by atoms with E-state index >= 15 is 0 Å². The van der Waals surface area contributed by atoms with Crippen LogP contribution >= 0.6 is 0 Å². The molecule has 0 saturated heterocycles. The molecule has 0 aliphatic heterocycles. The van der Waals surface area contributed by atoms with E-state index in [2.05, 4.69) is 0 Å². The van der Waals surface area contributed by atoms with Gasteiger partial charge in [0.2, 0.25) is 0 Å². The zero-order valence-electron chi connectivity index (χ0n) is 8.58. The molecule has 0 amide bonds. The fourth-order valence-corrected chi connectivity index (χ4v) is 1.39. The van der Waals surface area contributed by atoms with Crippen LogP contribution < -0.4 is 0 Å². The number of para-hydroxylation sites is 2. The standard InChI is InChI=1S/C13H11NO2/c15-13-9-5-4-8-12(13)14(16)10-11-6-2-1-3-7-11/h1-10,15H. The molecular formula is C13H11NO2. The summed E-state index contributed by atoms with van der Waals surface area (Å²) in [6.45, 7) is 0. The van der Waals surface area contributed by atoms with E-state index < -0.39 is 0 Å². The highest BCUT2D eigenvalue weighted by atomic mass is 16.5. The van der Waals surface area contributed by atoms with Crippen molar-refractivity contribution in [1.29, 1.82) is 0 Å². The minimum absolute atomic E-state index is 0.0234. The Hall–Kier alpha value is -2.29. The van der Waals surface area contributed by atoms with Crippen LogP contribution in [-0.2, 0) is 0 Å². The van der Waals surface area contributed by atoms with Gasteiger partial charge >= 0.3 is 0 Å². The normalized spacial score (nSPS) is 11.4. The van der Waals surface area contributed by atoms with Gasteiger partial charge in [0, 0.05) is 11.6 Å². The monoisotopic (exact) mass is 213 g/mol. The zero-order valence-corrected chi connectivity index (χ0v) is 8.58. The second-order valence-corrected chi connectivity index (χ2v) is 3.35. The molecule has 2 rings (SSSR count). The molecule has 0 unspecified atom stereocenters. The molecule has 3 nitrogen and oxygen atoms in total. The summed E-state index contributed by atoms with van der Waals surface area (Å²) in [7, 11) is 0. The number of hydrogen-bond acceptors (Lipinski definition) is 2. The van der Waals surface area contributed by atoms with E-state index in [0.29, 0.717) is 4.74 Å². The lowest BCUT2D eigenvalue weighted by Crippen LogP contribution is -1.98. The largest absolute Gasteiger partial charge is 0.618 e. The summed E-state index contributed by atoms with van der Waals surface area (Å²) >= 11 is 0. The summed E-state index contributed by atoms with van der Waals surface area (Å²) in [5.74, 6) is -0.0234. The summed E-state index contributed by atoms with van der Waals surface area (Å²) in [6, 6.07) is 15.7. The fraction of sp³-hybridized carbons (Fsp3) is 0. The van der Waals surface area contributed by atoms with E-state index in [1.807, 2.05) is 30.3 Å². The predicted octanol–water partition coefficient (Wildman–Crippen LogP) is 2.65. The van der Waals surface area contributed by atoms with Gasteiger partial charge in [-0.25, -0.2) is 0 Å². The summed E-state index contributed by atoms with van der Waals surface area (Å²) < 4.78 is 0.657. The number of rotatable bonds is 2. The van der Waals surface area contributed by atoms with Gasteiger partial charge in [-0.15, -0.1) is 0 Å². The van der Waals surface area contributed by atoms with Gasteiger partial charge in [-0.3, -0.25) is 0 Å². The lowest BCUT2D eigenvalue weighted by molar-refractivity contribution is -0.355. The molecule has 1 N–H and O–H groups in total. The van der Waals surface area contributed by atoms with E-state index in [9.17, 15) is 10.3 Å². The van der Waals surface area contributed by atoms with Crippen molar-refractivity contribution in [1.82, 2.24) is 0 Å². The lowest BCUT2D eigenvalue weighted by atomic mass is 10.2. The van der Waals surface area contributed by atoms with Crippen LogP contribution in [0.3, 0.4) is 0 Å². The molecule has 3 heteroatoms. The molecule has 0 aliphatic rings. The van der Waals surface area contributed by atoms with Crippen LogP contribution in [0.4, 0.5) is 5.69 Å². The quantitative estimate of drug-likeness (QED) is 0.361.